The Kier molecular flexibility index (Phi) is 4.77. The molecule has 5 atom stereocenters. The lowest BCUT2D eigenvalue weighted by Gasteiger charge is -2.37. The highest BCUT2D eigenvalue weighted by Crippen LogP contribution is 2.54. The van der Waals surface area contributed by atoms with Crippen molar-refractivity contribution < 1.29 is 9.84 Å². The number of hydrogen-bond donors (Lipinski definition) is 1. The van der Waals surface area contributed by atoms with Crippen LogP contribution in [0.2, 0.25) is 0 Å². The summed E-state index contributed by atoms with van der Waals surface area (Å²) in [6, 6.07) is 0. The van der Waals surface area contributed by atoms with Crippen LogP contribution in [0.4, 0.5) is 0 Å². The van der Waals surface area contributed by atoms with Crippen molar-refractivity contribution in [3.8, 4) is 0 Å². The van der Waals surface area contributed by atoms with Gasteiger partial charge in [0.05, 0.1) is 12.7 Å². The molecule has 23 heavy (non-hydrogen) atoms. The van der Waals surface area contributed by atoms with Crippen LogP contribution in [0.25, 0.3) is 0 Å². The van der Waals surface area contributed by atoms with Crippen LogP contribution in [-0.4, -0.2) is 24.9 Å². The van der Waals surface area contributed by atoms with Crippen molar-refractivity contribution in [3.05, 3.63) is 22.8 Å². The van der Waals surface area contributed by atoms with Crippen LogP contribution >= 0.6 is 0 Å². The molecule has 0 aliphatic heterocycles. The van der Waals surface area contributed by atoms with Crippen molar-refractivity contribution in [3.63, 3.8) is 0 Å². The maximum atomic E-state index is 10.9. The third kappa shape index (κ3) is 2.93. The van der Waals surface area contributed by atoms with Crippen LogP contribution in [0.1, 0.15) is 59.8 Å². The molecule has 2 nitrogen and oxygen atoms in total. The van der Waals surface area contributed by atoms with Crippen molar-refractivity contribution in [2.45, 2.75) is 65.9 Å². The summed E-state index contributed by atoms with van der Waals surface area (Å²) < 4.78 is 5.50. The molecule has 130 valence electrons. The molecule has 5 unspecified atom stereocenters. The highest BCUT2D eigenvalue weighted by Gasteiger charge is 2.44. The van der Waals surface area contributed by atoms with Gasteiger partial charge < -0.3 is 9.84 Å². The predicted octanol–water partition coefficient (Wildman–Crippen LogP) is 4.74. The van der Waals surface area contributed by atoms with Crippen LogP contribution in [-0.2, 0) is 4.74 Å². The number of fused-ring (bicyclic) bond motifs is 2. The van der Waals surface area contributed by atoms with E-state index in [1.165, 1.54) is 25.7 Å². The van der Waals surface area contributed by atoms with Crippen LogP contribution in [0.3, 0.4) is 0 Å². The van der Waals surface area contributed by atoms with E-state index in [4.69, 9.17) is 4.74 Å². The highest BCUT2D eigenvalue weighted by atomic mass is 16.5. The second-order valence-corrected chi connectivity index (χ2v) is 8.69. The minimum absolute atomic E-state index is 0.157. The average molecular weight is 319 g/mol. The van der Waals surface area contributed by atoms with E-state index >= 15 is 0 Å². The van der Waals surface area contributed by atoms with E-state index in [1.54, 1.807) is 16.7 Å². The Morgan fingerprint density at radius 2 is 2.09 bits per heavy atom. The third-order valence-corrected chi connectivity index (χ3v) is 6.92. The number of aliphatic hydroxyl groups is 1. The molecule has 3 aliphatic rings. The molecule has 3 rings (SSSR count). The summed E-state index contributed by atoms with van der Waals surface area (Å²) in [5, 5.41) is 10.9. The van der Waals surface area contributed by atoms with E-state index in [0.717, 1.165) is 13.0 Å². The van der Waals surface area contributed by atoms with E-state index in [1.807, 2.05) is 7.11 Å². The van der Waals surface area contributed by atoms with Crippen LogP contribution < -0.4 is 0 Å². The number of aliphatic hydroxyl groups excluding tert-OH is 1. The maximum absolute atomic E-state index is 10.9. The van der Waals surface area contributed by atoms with E-state index in [0.29, 0.717) is 23.7 Å². The largest absolute Gasteiger partial charge is 0.392 e. The molecule has 0 heterocycles. The quantitative estimate of drug-likeness (QED) is 0.762. The van der Waals surface area contributed by atoms with Crippen molar-refractivity contribution in [2.75, 3.05) is 13.7 Å². The van der Waals surface area contributed by atoms with Gasteiger partial charge in [-0.15, -0.1) is 0 Å². The van der Waals surface area contributed by atoms with Gasteiger partial charge in [0.1, 0.15) is 0 Å². The molecule has 1 fully saturated rings. The first-order valence-corrected chi connectivity index (χ1v) is 9.49. The molecule has 0 aromatic heterocycles. The molecule has 0 bridgehead atoms. The second-order valence-electron chi connectivity index (χ2n) is 8.69. The minimum Gasteiger partial charge on any atom is -0.392 e. The predicted molar refractivity (Wildman–Crippen MR) is 95.2 cm³/mol. The Morgan fingerprint density at radius 1 is 1.35 bits per heavy atom. The molecule has 3 aliphatic carbocycles. The van der Waals surface area contributed by atoms with Crippen LogP contribution in [0.15, 0.2) is 22.8 Å². The molecule has 1 N–H and O–H groups in total. The summed E-state index contributed by atoms with van der Waals surface area (Å²) >= 11 is 0. The normalized spacial score (nSPS) is 43.0. The molecular weight excluding hydrogens is 284 g/mol. The highest BCUT2D eigenvalue weighted by molar-refractivity contribution is 5.38. The molecule has 0 amide bonds. The summed E-state index contributed by atoms with van der Waals surface area (Å²) in [7, 11) is 1.81. The molecule has 0 aromatic rings. The molecule has 0 spiro atoms. The van der Waals surface area contributed by atoms with Gasteiger partial charge in [-0.05, 0) is 49.9 Å². The standard InChI is InChI=1S/C21H34O2/c1-13(2)16-8-9-21(4)11-18-15(12-23-5)6-7-17(18)14(3)20(22)10-19(16)21/h11,13-15,17,20,22H,6-10,12H2,1-5H3/b18-11-. The van der Waals surface area contributed by atoms with Gasteiger partial charge in [0.15, 0.2) is 0 Å². The Labute approximate surface area is 142 Å². The molecule has 0 radical (unpaired) electrons. The third-order valence-electron chi connectivity index (χ3n) is 6.92. The first-order valence-electron chi connectivity index (χ1n) is 9.49. The Hall–Kier alpha value is -0.600. The van der Waals surface area contributed by atoms with Gasteiger partial charge in [0, 0.05) is 18.4 Å². The monoisotopic (exact) mass is 318 g/mol. The average Bonchev–Trinajstić information content (AvgIpc) is 3.01. The Bertz CT molecular complexity index is 516. The van der Waals surface area contributed by atoms with Crippen molar-refractivity contribution >= 4 is 0 Å². The number of ether oxygens (including phenoxy) is 1. The van der Waals surface area contributed by atoms with Crippen LogP contribution in [0.5, 0.6) is 0 Å². The fourth-order valence-electron chi connectivity index (χ4n) is 5.44. The van der Waals surface area contributed by atoms with E-state index in [-0.39, 0.29) is 11.5 Å². The molecule has 1 saturated carbocycles. The zero-order valence-corrected chi connectivity index (χ0v) is 15.6. The zero-order chi connectivity index (χ0) is 16.8. The minimum atomic E-state index is -0.203. The van der Waals surface area contributed by atoms with Gasteiger partial charge in [-0.3, -0.25) is 0 Å². The fourth-order valence-corrected chi connectivity index (χ4v) is 5.44. The van der Waals surface area contributed by atoms with Gasteiger partial charge in [-0.2, -0.15) is 0 Å². The number of allylic oxidation sites excluding steroid dienone is 2. The molecule has 0 aromatic carbocycles. The van der Waals surface area contributed by atoms with Crippen LogP contribution in [0, 0.1) is 29.1 Å². The summed E-state index contributed by atoms with van der Waals surface area (Å²) in [6.07, 6.45) is 8.13. The van der Waals surface area contributed by atoms with Gasteiger partial charge in [0.2, 0.25) is 0 Å². The van der Waals surface area contributed by atoms with Gasteiger partial charge in [-0.1, -0.05) is 50.5 Å². The van der Waals surface area contributed by atoms with Crippen molar-refractivity contribution in [1.29, 1.82) is 0 Å². The van der Waals surface area contributed by atoms with Crippen molar-refractivity contribution in [2.24, 2.45) is 29.1 Å². The first-order chi connectivity index (χ1) is 10.9. The number of methoxy groups -OCH3 is 1. The summed E-state index contributed by atoms with van der Waals surface area (Å²) in [5.74, 6) is 2.06. The number of hydrogen-bond acceptors (Lipinski definition) is 2. The van der Waals surface area contributed by atoms with E-state index < -0.39 is 0 Å². The van der Waals surface area contributed by atoms with Gasteiger partial charge in [-0.25, -0.2) is 0 Å². The summed E-state index contributed by atoms with van der Waals surface area (Å²) in [6.45, 7) is 10.1. The fraction of sp³-hybridized carbons (Fsp3) is 0.810. The smallest absolute Gasteiger partial charge is 0.0608 e. The molecule has 2 heteroatoms. The van der Waals surface area contributed by atoms with E-state index in [2.05, 4.69) is 33.8 Å². The van der Waals surface area contributed by atoms with E-state index in [9.17, 15) is 5.11 Å². The topological polar surface area (TPSA) is 29.5 Å². The lowest BCUT2D eigenvalue weighted by atomic mass is 9.70. The summed E-state index contributed by atoms with van der Waals surface area (Å²) in [4.78, 5) is 0. The maximum Gasteiger partial charge on any atom is 0.0608 e. The molecular formula is C21H34O2. The van der Waals surface area contributed by atoms with Gasteiger partial charge in [0.25, 0.3) is 0 Å². The Balaban J connectivity index is 2.07. The zero-order valence-electron chi connectivity index (χ0n) is 15.6. The lowest BCUT2D eigenvalue weighted by Crippen LogP contribution is -2.32. The molecule has 0 saturated heterocycles. The van der Waals surface area contributed by atoms with Gasteiger partial charge >= 0.3 is 0 Å². The second kappa shape index (κ2) is 6.37. The SMILES string of the molecule is COCC1CCC2/C1=C\C1(C)CCC(C(C)C)=C1CC(O)C2C. The number of rotatable bonds is 3. The Morgan fingerprint density at radius 3 is 2.74 bits per heavy atom. The van der Waals surface area contributed by atoms with Crippen molar-refractivity contribution in [1.82, 2.24) is 0 Å². The first kappa shape index (κ1) is 17.2. The lowest BCUT2D eigenvalue weighted by molar-refractivity contribution is 0.0853. The summed E-state index contributed by atoms with van der Waals surface area (Å²) in [5.41, 5.74) is 4.89.